The van der Waals surface area contributed by atoms with E-state index in [9.17, 15) is 0 Å². The van der Waals surface area contributed by atoms with E-state index in [1.807, 2.05) is 0 Å². The molecular formula is C21H37ClMg. The van der Waals surface area contributed by atoms with E-state index in [1.54, 1.807) is 5.92 Å². The van der Waals surface area contributed by atoms with Crippen LogP contribution in [0.1, 0.15) is 90.0 Å². The third kappa shape index (κ3) is 15.4. The molecule has 0 nitrogen and oxygen atoms in total. The number of rotatable bonds is 12. The fraction of sp³-hybridized carbons (Fsp3) is 0.619. The molecule has 0 heterocycles. The monoisotopic (exact) mass is 348 g/mol. The molecule has 0 unspecified atom stereocenters. The maximum absolute atomic E-state index is 2.29. The molecule has 0 saturated carbocycles. The predicted octanol–water partition coefficient (Wildman–Crippen LogP) is 7.43. The molecule has 0 N–H and O–H groups in total. The van der Waals surface area contributed by atoms with Crippen molar-refractivity contribution in [2.75, 3.05) is 0 Å². The Hall–Kier alpha value is 0.146. The molecule has 2 heteroatoms. The fourth-order valence-electron chi connectivity index (χ4n) is 2.74. The summed E-state index contributed by atoms with van der Waals surface area (Å²) in [5.41, 5.74) is 1.42. The van der Waals surface area contributed by atoms with Crippen LogP contribution in [0.5, 0.6) is 0 Å². The average molecular weight is 349 g/mol. The van der Waals surface area contributed by atoms with Crippen LogP contribution >= 0.6 is 12.4 Å². The number of halogens is 1. The zero-order valence-corrected chi connectivity index (χ0v) is 18.0. The van der Waals surface area contributed by atoms with Gasteiger partial charge in [0, 0.05) is 0 Å². The van der Waals surface area contributed by atoms with Gasteiger partial charge in [0.15, 0.2) is 0 Å². The summed E-state index contributed by atoms with van der Waals surface area (Å²) in [7, 11) is 0. The Morgan fingerprint density at radius 2 is 1.17 bits per heavy atom. The summed E-state index contributed by atoms with van der Waals surface area (Å²) < 4.78 is 0. The summed E-state index contributed by atoms with van der Waals surface area (Å²) in [6, 6.07) is 10.8. The minimum absolute atomic E-state index is 0. The van der Waals surface area contributed by atoms with Gasteiger partial charge in [0.05, 0.1) is 0 Å². The molecule has 0 aliphatic heterocycles. The normalized spacial score (nSPS) is 9.30. The van der Waals surface area contributed by atoms with Crippen LogP contribution in [0, 0.1) is 13.3 Å². The molecule has 1 aromatic rings. The van der Waals surface area contributed by atoms with Crippen molar-refractivity contribution in [3.8, 4) is 0 Å². The van der Waals surface area contributed by atoms with E-state index in [1.165, 1.54) is 76.2 Å². The summed E-state index contributed by atoms with van der Waals surface area (Å²) in [4.78, 5) is 0. The number of unbranched alkanes of at least 4 members (excludes halogenated alkanes) is 9. The third-order valence-electron chi connectivity index (χ3n) is 4.17. The Labute approximate surface area is 168 Å². The summed E-state index contributed by atoms with van der Waals surface area (Å²) in [5.74, 6) is 1.55. The van der Waals surface area contributed by atoms with Crippen molar-refractivity contribution in [2.45, 2.75) is 84.5 Å². The topological polar surface area (TPSA) is 0 Å². The first-order valence-corrected chi connectivity index (χ1v) is 8.72. The van der Waals surface area contributed by atoms with Crippen molar-refractivity contribution in [3.63, 3.8) is 0 Å². The van der Waals surface area contributed by atoms with E-state index in [-0.39, 0.29) is 42.9 Å². The molecule has 0 fully saturated rings. The standard InChI is InChI=1S/C20H33.CH3.ClH.Mg/c1-3-4-5-6-7-8-9-10-11-13-16-19(2)20-17-14-12-15-18-20;;;/h12,14-15,17-18H,3-11,13,16H2,1-2H3;1H3;1H;/q2*-1;;+2. The average Bonchev–Trinajstić information content (AvgIpc) is 2.50. The first-order valence-electron chi connectivity index (χ1n) is 8.72. The molecule has 0 aliphatic rings. The van der Waals surface area contributed by atoms with Crippen LogP contribution in [0.2, 0.25) is 0 Å². The maximum Gasteiger partial charge on any atom is 2.00 e. The van der Waals surface area contributed by atoms with E-state index in [4.69, 9.17) is 0 Å². The predicted molar refractivity (Wildman–Crippen MR) is 110 cm³/mol. The summed E-state index contributed by atoms with van der Waals surface area (Å²) in [6.07, 6.45) is 15.5. The summed E-state index contributed by atoms with van der Waals surface area (Å²) in [6.45, 7) is 4.57. The van der Waals surface area contributed by atoms with Crippen LogP contribution in [0.3, 0.4) is 0 Å². The van der Waals surface area contributed by atoms with Crippen molar-refractivity contribution in [3.05, 3.63) is 49.2 Å². The van der Waals surface area contributed by atoms with Crippen molar-refractivity contribution in [1.29, 1.82) is 0 Å². The minimum Gasteiger partial charge on any atom is -0.358 e. The molecule has 23 heavy (non-hydrogen) atoms. The molecule has 130 valence electrons. The molecule has 0 aliphatic carbocycles. The molecule has 0 bridgehead atoms. The second-order valence-electron chi connectivity index (χ2n) is 6.08. The molecule has 0 amide bonds. The molecule has 0 saturated heterocycles. The first kappa shape index (κ1) is 28.0. The van der Waals surface area contributed by atoms with Gasteiger partial charge >= 0.3 is 23.1 Å². The number of hydrogen-bond donors (Lipinski definition) is 0. The van der Waals surface area contributed by atoms with Gasteiger partial charge in [-0.3, -0.25) is 0 Å². The Morgan fingerprint density at radius 1 is 0.739 bits per heavy atom. The molecule has 0 aromatic heterocycles. The second kappa shape index (κ2) is 20.2. The van der Waals surface area contributed by atoms with Crippen molar-refractivity contribution in [1.82, 2.24) is 0 Å². The van der Waals surface area contributed by atoms with Gasteiger partial charge in [0.1, 0.15) is 0 Å². The smallest absolute Gasteiger partial charge is 0.358 e. The van der Waals surface area contributed by atoms with Gasteiger partial charge in [-0.1, -0.05) is 90.5 Å². The number of hydrogen-bond acceptors (Lipinski definition) is 0. The van der Waals surface area contributed by atoms with Crippen LogP contribution < -0.4 is 0 Å². The van der Waals surface area contributed by atoms with E-state index >= 15 is 0 Å². The molecule has 1 rings (SSSR count). The van der Waals surface area contributed by atoms with Crippen LogP contribution in [0.15, 0.2) is 30.3 Å². The fourth-order valence-corrected chi connectivity index (χ4v) is 2.74. The van der Waals surface area contributed by atoms with Gasteiger partial charge in [-0.15, -0.1) is 24.5 Å². The minimum atomic E-state index is 0. The van der Waals surface area contributed by atoms with Gasteiger partial charge in [-0.25, -0.2) is 0 Å². The van der Waals surface area contributed by atoms with Crippen LogP contribution in [0.4, 0.5) is 0 Å². The Bertz CT molecular complexity index is 313. The zero-order valence-electron chi connectivity index (χ0n) is 15.8. The Morgan fingerprint density at radius 3 is 1.65 bits per heavy atom. The van der Waals surface area contributed by atoms with Gasteiger partial charge in [0.2, 0.25) is 0 Å². The SMILES string of the molecule is CCCCCCCCCCCC[C-](C)c1ccccc1.Cl.[CH3-].[Mg+2]. The number of benzene rings is 1. The third-order valence-corrected chi connectivity index (χ3v) is 4.17. The zero-order chi connectivity index (χ0) is 14.5. The quantitative estimate of drug-likeness (QED) is 0.209. The largest absolute Gasteiger partial charge is 2.00 e. The van der Waals surface area contributed by atoms with E-state index in [0.29, 0.717) is 0 Å². The summed E-state index contributed by atoms with van der Waals surface area (Å²) in [5, 5.41) is 0. The van der Waals surface area contributed by atoms with Crippen LogP contribution in [-0.4, -0.2) is 23.1 Å². The van der Waals surface area contributed by atoms with Crippen LogP contribution in [0.25, 0.3) is 0 Å². The van der Waals surface area contributed by atoms with Crippen LogP contribution in [-0.2, 0) is 0 Å². The maximum atomic E-state index is 2.29. The van der Waals surface area contributed by atoms with E-state index in [0.717, 1.165) is 0 Å². The summed E-state index contributed by atoms with van der Waals surface area (Å²) >= 11 is 0. The van der Waals surface area contributed by atoms with E-state index < -0.39 is 0 Å². The van der Waals surface area contributed by atoms with Crippen molar-refractivity contribution in [2.24, 2.45) is 0 Å². The Kier molecular flexibility index (Phi) is 24.6. The Balaban J connectivity index is -0.00000133. The second-order valence-corrected chi connectivity index (χ2v) is 6.08. The van der Waals surface area contributed by atoms with Crippen molar-refractivity contribution < 1.29 is 0 Å². The van der Waals surface area contributed by atoms with Gasteiger partial charge < -0.3 is 7.43 Å². The van der Waals surface area contributed by atoms with Gasteiger partial charge in [0.25, 0.3) is 0 Å². The molecular weight excluding hydrogens is 312 g/mol. The van der Waals surface area contributed by atoms with Gasteiger partial charge in [-0.05, 0) is 0 Å². The molecule has 0 atom stereocenters. The van der Waals surface area contributed by atoms with Crippen molar-refractivity contribution >= 4 is 35.5 Å². The molecule has 0 radical (unpaired) electrons. The molecule has 0 spiro atoms. The first-order chi connectivity index (χ1) is 9.84. The molecule has 1 aromatic carbocycles. The van der Waals surface area contributed by atoms with Gasteiger partial charge in [-0.2, -0.15) is 23.6 Å². The van der Waals surface area contributed by atoms with E-state index in [2.05, 4.69) is 44.2 Å².